The number of hydrogen-bond acceptors (Lipinski definition) is 6. The van der Waals surface area contributed by atoms with Crippen molar-refractivity contribution in [1.82, 2.24) is 9.55 Å². The second kappa shape index (κ2) is 10.5. The van der Waals surface area contributed by atoms with Crippen molar-refractivity contribution in [3.63, 3.8) is 0 Å². The molecule has 0 atom stereocenters. The van der Waals surface area contributed by atoms with E-state index in [-0.39, 0.29) is 23.6 Å². The fourth-order valence-corrected chi connectivity index (χ4v) is 3.13. The molecule has 30 heavy (non-hydrogen) atoms. The average molecular weight is 418 g/mol. The van der Waals surface area contributed by atoms with Gasteiger partial charge in [-0.25, -0.2) is 4.79 Å². The van der Waals surface area contributed by atoms with Gasteiger partial charge in [0.2, 0.25) is 0 Å². The normalized spacial score (nSPS) is 10.7. The van der Waals surface area contributed by atoms with Crippen LogP contribution in [0.15, 0.2) is 27.8 Å². The van der Waals surface area contributed by atoms with Crippen LogP contribution in [-0.4, -0.2) is 36.2 Å². The SMILES string of the molecule is CCCCN(C(=O)c1cc(OC)ccc1OC)c1c(N)n(CCCC)c(=O)[nH]c1=O. The molecule has 9 nitrogen and oxygen atoms in total. The molecule has 2 rings (SSSR count). The minimum absolute atomic E-state index is 0.0245. The summed E-state index contributed by atoms with van der Waals surface area (Å²) in [6, 6.07) is 4.86. The van der Waals surface area contributed by atoms with E-state index in [1.165, 1.54) is 23.7 Å². The number of aromatic nitrogens is 2. The molecular formula is C21H30N4O5. The number of nitrogen functional groups attached to an aromatic ring is 1. The molecule has 0 bridgehead atoms. The third kappa shape index (κ3) is 4.84. The van der Waals surface area contributed by atoms with E-state index in [4.69, 9.17) is 15.2 Å². The van der Waals surface area contributed by atoms with Crippen molar-refractivity contribution in [2.75, 3.05) is 31.4 Å². The van der Waals surface area contributed by atoms with E-state index in [1.807, 2.05) is 13.8 Å². The maximum Gasteiger partial charge on any atom is 0.330 e. The van der Waals surface area contributed by atoms with Crippen molar-refractivity contribution >= 4 is 17.4 Å². The van der Waals surface area contributed by atoms with E-state index in [0.717, 1.165) is 12.8 Å². The third-order valence-electron chi connectivity index (χ3n) is 4.84. The van der Waals surface area contributed by atoms with Gasteiger partial charge >= 0.3 is 5.69 Å². The Bertz CT molecular complexity index is 996. The summed E-state index contributed by atoms with van der Waals surface area (Å²) in [5.41, 5.74) is 5.15. The molecule has 0 saturated heterocycles. The molecule has 3 N–H and O–H groups in total. The first-order valence-electron chi connectivity index (χ1n) is 10.1. The van der Waals surface area contributed by atoms with Crippen LogP contribution in [0.25, 0.3) is 0 Å². The number of amides is 1. The summed E-state index contributed by atoms with van der Waals surface area (Å²) in [5.74, 6) is 0.335. The number of H-pyrrole nitrogens is 1. The van der Waals surface area contributed by atoms with Gasteiger partial charge in [-0.15, -0.1) is 0 Å². The zero-order valence-electron chi connectivity index (χ0n) is 18.0. The number of aromatic amines is 1. The zero-order valence-corrected chi connectivity index (χ0v) is 18.0. The van der Waals surface area contributed by atoms with E-state index >= 15 is 0 Å². The Labute approximate surface area is 175 Å². The van der Waals surface area contributed by atoms with Crippen LogP contribution in [0.2, 0.25) is 0 Å². The number of nitrogens with zero attached hydrogens (tertiary/aromatic N) is 2. The minimum atomic E-state index is -0.698. The van der Waals surface area contributed by atoms with Crippen LogP contribution in [0.3, 0.4) is 0 Å². The van der Waals surface area contributed by atoms with Crippen molar-refractivity contribution in [2.45, 2.75) is 46.1 Å². The molecule has 0 aliphatic carbocycles. The molecular weight excluding hydrogens is 388 g/mol. The molecule has 0 fully saturated rings. The number of nitrogens with two attached hydrogens (primary N) is 1. The van der Waals surface area contributed by atoms with Gasteiger partial charge in [-0.1, -0.05) is 26.7 Å². The van der Waals surface area contributed by atoms with E-state index in [1.54, 1.807) is 18.2 Å². The molecule has 0 aliphatic rings. The van der Waals surface area contributed by atoms with Gasteiger partial charge in [-0.3, -0.25) is 19.1 Å². The maximum absolute atomic E-state index is 13.5. The molecule has 1 aromatic carbocycles. The Kier molecular flexibility index (Phi) is 8.08. The van der Waals surface area contributed by atoms with Crippen molar-refractivity contribution < 1.29 is 14.3 Å². The van der Waals surface area contributed by atoms with Crippen molar-refractivity contribution in [2.24, 2.45) is 0 Å². The summed E-state index contributed by atoms with van der Waals surface area (Å²) in [5, 5.41) is 0. The number of unbranched alkanes of at least 4 members (excludes halogenated alkanes) is 2. The molecule has 2 aromatic rings. The maximum atomic E-state index is 13.5. The lowest BCUT2D eigenvalue weighted by atomic mass is 10.1. The predicted octanol–water partition coefficient (Wildman–Crippen LogP) is 2.38. The number of rotatable bonds is 10. The molecule has 1 aromatic heterocycles. The number of benzene rings is 1. The summed E-state index contributed by atoms with van der Waals surface area (Å²) >= 11 is 0. The Balaban J connectivity index is 2.65. The van der Waals surface area contributed by atoms with Crippen molar-refractivity contribution in [3.8, 4) is 11.5 Å². The fourth-order valence-electron chi connectivity index (χ4n) is 3.13. The van der Waals surface area contributed by atoms with Crippen LogP contribution in [0.5, 0.6) is 11.5 Å². The van der Waals surface area contributed by atoms with Gasteiger partial charge in [-0.2, -0.15) is 0 Å². The lowest BCUT2D eigenvalue weighted by molar-refractivity contribution is 0.0983. The van der Waals surface area contributed by atoms with Gasteiger partial charge in [0.1, 0.15) is 17.3 Å². The molecule has 0 aliphatic heterocycles. The van der Waals surface area contributed by atoms with Crippen LogP contribution in [0, 0.1) is 0 Å². The summed E-state index contributed by atoms with van der Waals surface area (Å²) in [6.07, 6.45) is 3.00. The largest absolute Gasteiger partial charge is 0.497 e. The van der Waals surface area contributed by atoms with Crippen LogP contribution in [0.4, 0.5) is 11.5 Å². The number of nitrogens with one attached hydrogen (secondary N) is 1. The van der Waals surface area contributed by atoms with E-state index in [0.29, 0.717) is 30.9 Å². The van der Waals surface area contributed by atoms with Gasteiger partial charge in [0.05, 0.1) is 19.8 Å². The van der Waals surface area contributed by atoms with Crippen LogP contribution >= 0.6 is 0 Å². The number of methoxy groups -OCH3 is 2. The predicted molar refractivity (Wildman–Crippen MR) is 117 cm³/mol. The quantitative estimate of drug-likeness (QED) is 0.611. The molecule has 1 heterocycles. The number of anilines is 2. The summed E-state index contributed by atoms with van der Waals surface area (Å²) in [7, 11) is 2.96. The molecule has 0 radical (unpaired) electrons. The first-order chi connectivity index (χ1) is 14.4. The Hall–Kier alpha value is -3.23. The topological polar surface area (TPSA) is 120 Å². The van der Waals surface area contributed by atoms with E-state index in [2.05, 4.69) is 4.98 Å². The monoisotopic (exact) mass is 418 g/mol. The summed E-state index contributed by atoms with van der Waals surface area (Å²) < 4.78 is 11.9. The van der Waals surface area contributed by atoms with Gasteiger partial charge in [0.15, 0.2) is 5.69 Å². The second-order valence-electron chi connectivity index (χ2n) is 6.87. The first kappa shape index (κ1) is 23.1. The standard InChI is InChI=1S/C21H30N4O5/c1-5-7-11-24(20(27)15-13-14(29-3)9-10-16(15)30-4)17-18(22)25(12-8-6-2)21(28)23-19(17)26/h9-10,13H,5-8,11-12,22H2,1-4H3,(H,23,26,28). The number of ether oxygens (including phenoxy) is 2. The molecule has 0 saturated carbocycles. The van der Waals surface area contributed by atoms with Gasteiger partial charge in [0, 0.05) is 13.1 Å². The second-order valence-corrected chi connectivity index (χ2v) is 6.87. The summed E-state index contributed by atoms with van der Waals surface area (Å²) in [6.45, 7) is 4.57. The van der Waals surface area contributed by atoms with E-state index in [9.17, 15) is 14.4 Å². The van der Waals surface area contributed by atoms with Crippen LogP contribution < -0.4 is 31.4 Å². The summed E-state index contributed by atoms with van der Waals surface area (Å²) in [4.78, 5) is 42.1. The highest BCUT2D eigenvalue weighted by atomic mass is 16.5. The smallest absolute Gasteiger partial charge is 0.330 e. The molecule has 164 valence electrons. The van der Waals surface area contributed by atoms with Gasteiger partial charge in [-0.05, 0) is 31.0 Å². The number of carbonyl (C=O) groups excluding carboxylic acids is 1. The Morgan fingerprint density at radius 3 is 2.43 bits per heavy atom. The fraction of sp³-hybridized carbons (Fsp3) is 0.476. The first-order valence-corrected chi connectivity index (χ1v) is 10.1. The van der Waals surface area contributed by atoms with Crippen LogP contribution in [-0.2, 0) is 6.54 Å². The van der Waals surface area contributed by atoms with Crippen molar-refractivity contribution in [3.05, 3.63) is 44.6 Å². The third-order valence-corrected chi connectivity index (χ3v) is 4.84. The highest BCUT2D eigenvalue weighted by Crippen LogP contribution is 2.28. The average Bonchev–Trinajstić information content (AvgIpc) is 2.74. The molecule has 1 amide bonds. The van der Waals surface area contributed by atoms with E-state index < -0.39 is 17.2 Å². The lowest BCUT2D eigenvalue weighted by Crippen LogP contribution is -2.41. The number of hydrogen-bond donors (Lipinski definition) is 2. The highest BCUT2D eigenvalue weighted by molar-refractivity contribution is 6.09. The van der Waals surface area contributed by atoms with Gasteiger partial charge in [0.25, 0.3) is 11.5 Å². The van der Waals surface area contributed by atoms with Crippen LogP contribution in [0.1, 0.15) is 49.9 Å². The molecule has 0 unspecified atom stereocenters. The zero-order chi connectivity index (χ0) is 22.3. The Morgan fingerprint density at radius 1 is 1.13 bits per heavy atom. The van der Waals surface area contributed by atoms with Gasteiger partial charge < -0.3 is 20.1 Å². The van der Waals surface area contributed by atoms with Crippen molar-refractivity contribution in [1.29, 1.82) is 0 Å². The molecule has 0 spiro atoms. The molecule has 9 heteroatoms. The number of carbonyl (C=O) groups is 1. The highest BCUT2D eigenvalue weighted by Gasteiger charge is 2.27. The minimum Gasteiger partial charge on any atom is -0.497 e. The Morgan fingerprint density at radius 2 is 1.83 bits per heavy atom. The lowest BCUT2D eigenvalue weighted by Gasteiger charge is -2.25.